The van der Waals surface area contributed by atoms with Crippen LogP contribution in [0.2, 0.25) is 10.0 Å². The number of hydrogen-bond acceptors (Lipinski definition) is 4. The zero-order valence-electron chi connectivity index (χ0n) is 8.89. The van der Waals surface area contributed by atoms with Crippen molar-refractivity contribution in [1.82, 2.24) is 19.9 Å². The molecule has 0 amide bonds. The van der Waals surface area contributed by atoms with Gasteiger partial charge in [0.2, 0.25) is 0 Å². The summed E-state index contributed by atoms with van der Waals surface area (Å²) in [6.45, 7) is 0. The number of halogens is 2. The number of aromatic amines is 1. The van der Waals surface area contributed by atoms with E-state index in [1.807, 2.05) is 0 Å². The van der Waals surface area contributed by atoms with Crippen LogP contribution in [0, 0.1) is 0 Å². The molecular formula is C11H6Cl2N4S. The second-order valence-electron chi connectivity index (χ2n) is 3.46. The molecule has 0 saturated heterocycles. The Bertz CT molecular complexity index is 713. The van der Waals surface area contributed by atoms with Gasteiger partial charge in [-0.15, -0.1) is 0 Å². The fraction of sp³-hybridized carbons (Fsp3) is 0. The lowest BCUT2D eigenvalue weighted by Gasteiger charge is -2.04. The molecule has 0 fully saturated rings. The predicted octanol–water partition coefficient (Wildman–Crippen LogP) is 3.81. The molecule has 0 saturated carbocycles. The van der Waals surface area contributed by atoms with Crippen LogP contribution in [0.5, 0.6) is 0 Å². The summed E-state index contributed by atoms with van der Waals surface area (Å²) in [5.41, 5.74) is 1.42. The van der Waals surface area contributed by atoms with Crippen LogP contribution in [0.3, 0.4) is 0 Å². The normalized spacial score (nSPS) is 11.0. The SMILES string of the molecule is Clc1ccc(Cl)c(Sc2ncnc3nc[nH]c23)c1. The molecule has 2 aromatic heterocycles. The molecule has 7 heteroatoms. The summed E-state index contributed by atoms with van der Waals surface area (Å²) >= 11 is 13.5. The number of H-pyrrole nitrogens is 1. The van der Waals surface area contributed by atoms with Crippen molar-refractivity contribution in [2.24, 2.45) is 0 Å². The molecule has 0 aliphatic rings. The van der Waals surface area contributed by atoms with E-state index in [1.165, 1.54) is 18.1 Å². The molecule has 4 nitrogen and oxygen atoms in total. The maximum Gasteiger partial charge on any atom is 0.181 e. The second-order valence-corrected chi connectivity index (χ2v) is 5.33. The number of rotatable bonds is 2. The Morgan fingerprint density at radius 2 is 2.00 bits per heavy atom. The van der Waals surface area contributed by atoms with Gasteiger partial charge in [0.25, 0.3) is 0 Å². The molecule has 0 aliphatic carbocycles. The van der Waals surface area contributed by atoms with Crippen LogP contribution in [0.25, 0.3) is 11.2 Å². The molecule has 0 unspecified atom stereocenters. The smallest absolute Gasteiger partial charge is 0.181 e. The molecule has 90 valence electrons. The molecule has 0 spiro atoms. The molecule has 0 aliphatic heterocycles. The third-order valence-corrected chi connectivity index (χ3v) is 4.03. The Labute approximate surface area is 117 Å². The van der Waals surface area contributed by atoms with E-state index in [4.69, 9.17) is 23.2 Å². The lowest BCUT2D eigenvalue weighted by molar-refractivity contribution is 1.08. The lowest BCUT2D eigenvalue weighted by atomic mass is 10.4. The number of benzene rings is 1. The molecule has 0 radical (unpaired) electrons. The average molecular weight is 297 g/mol. The molecule has 3 aromatic rings. The Hall–Kier alpha value is -1.30. The fourth-order valence-corrected chi connectivity index (χ4v) is 2.86. The van der Waals surface area contributed by atoms with Crippen molar-refractivity contribution < 1.29 is 0 Å². The topological polar surface area (TPSA) is 54.5 Å². The summed E-state index contributed by atoms with van der Waals surface area (Å²) in [5.74, 6) is 0. The monoisotopic (exact) mass is 296 g/mol. The largest absolute Gasteiger partial charge is 0.341 e. The Balaban J connectivity index is 2.06. The van der Waals surface area contributed by atoms with Crippen LogP contribution >= 0.6 is 35.0 Å². The van der Waals surface area contributed by atoms with Crippen molar-refractivity contribution >= 4 is 46.1 Å². The van der Waals surface area contributed by atoms with Gasteiger partial charge in [0.1, 0.15) is 16.9 Å². The number of imidazole rings is 1. The van der Waals surface area contributed by atoms with Gasteiger partial charge in [0, 0.05) is 9.92 Å². The molecule has 18 heavy (non-hydrogen) atoms. The van der Waals surface area contributed by atoms with Gasteiger partial charge in [0.15, 0.2) is 5.65 Å². The maximum atomic E-state index is 6.12. The third kappa shape index (κ3) is 2.16. The highest BCUT2D eigenvalue weighted by Crippen LogP contribution is 2.35. The zero-order valence-corrected chi connectivity index (χ0v) is 11.2. The van der Waals surface area contributed by atoms with Crippen molar-refractivity contribution in [2.75, 3.05) is 0 Å². The highest BCUT2D eigenvalue weighted by atomic mass is 35.5. The highest BCUT2D eigenvalue weighted by molar-refractivity contribution is 7.99. The van der Waals surface area contributed by atoms with Crippen molar-refractivity contribution in [1.29, 1.82) is 0 Å². The minimum absolute atomic E-state index is 0.630. The van der Waals surface area contributed by atoms with Gasteiger partial charge in [0.05, 0.1) is 11.3 Å². The van der Waals surface area contributed by atoms with Gasteiger partial charge in [-0.25, -0.2) is 15.0 Å². The first-order valence-corrected chi connectivity index (χ1v) is 6.58. The van der Waals surface area contributed by atoms with Crippen LogP contribution in [-0.4, -0.2) is 19.9 Å². The Morgan fingerprint density at radius 3 is 2.89 bits per heavy atom. The van der Waals surface area contributed by atoms with Crippen molar-refractivity contribution in [2.45, 2.75) is 9.92 Å². The van der Waals surface area contributed by atoms with E-state index >= 15 is 0 Å². The van der Waals surface area contributed by atoms with E-state index in [9.17, 15) is 0 Å². The van der Waals surface area contributed by atoms with E-state index in [0.29, 0.717) is 15.7 Å². The van der Waals surface area contributed by atoms with Crippen LogP contribution in [0.1, 0.15) is 0 Å². The van der Waals surface area contributed by atoms with Gasteiger partial charge in [-0.1, -0.05) is 35.0 Å². The number of nitrogens with one attached hydrogen (secondary N) is 1. The number of fused-ring (bicyclic) bond motifs is 1. The minimum atomic E-state index is 0.630. The third-order valence-electron chi connectivity index (χ3n) is 2.29. The molecule has 1 aromatic carbocycles. The molecule has 0 bridgehead atoms. The first-order valence-electron chi connectivity index (χ1n) is 5.01. The molecule has 1 N–H and O–H groups in total. The Kier molecular flexibility index (Phi) is 3.11. The minimum Gasteiger partial charge on any atom is -0.341 e. The van der Waals surface area contributed by atoms with Gasteiger partial charge in [-0.3, -0.25) is 0 Å². The first-order chi connectivity index (χ1) is 8.74. The lowest BCUT2D eigenvalue weighted by Crippen LogP contribution is -1.86. The zero-order chi connectivity index (χ0) is 12.5. The van der Waals surface area contributed by atoms with E-state index in [1.54, 1.807) is 24.5 Å². The van der Waals surface area contributed by atoms with E-state index in [2.05, 4.69) is 19.9 Å². The van der Waals surface area contributed by atoms with Gasteiger partial charge in [-0.05, 0) is 18.2 Å². The van der Waals surface area contributed by atoms with Gasteiger partial charge in [-0.2, -0.15) is 0 Å². The molecular weight excluding hydrogens is 291 g/mol. The first kappa shape index (κ1) is 11.8. The summed E-state index contributed by atoms with van der Waals surface area (Å²) in [6.07, 6.45) is 3.06. The van der Waals surface area contributed by atoms with E-state index in [0.717, 1.165) is 15.4 Å². The maximum absolute atomic E-state index is 6.12. The number of aromatic nitrogens is 4. The molecule has 0 atom stereocenters. The van der Waals surface area contributed by atoms with Crippen LogP contribution in [-0.2, 0) is 0 Å². The van der Waals surface area contributed by atoms with Crippen molar-refractivity contribution in [3.63, 3.8) is 0 Å². The second kappa shape index (κ2) is 4.76. The summed E-state index contributed by atoms with van der Waals surface area (Å²) in [6, 6.07) is 5.32. The van der Waals surface area contributed by atoms with Crippen molar-refractivity contribution in [3.05, 3.63) is 40.9 Å². The Morgan fingerprint density at radius 1 is 1.11 bits per heavy atom. The quantitative estimate of drug-likeness (QED) is 0.731. The van der Waals surface area contributed by atoms with Crippen LogP contribution in [0.15, 0.2) is 40.8 Å². The summed E-state index contributed by atoms with van der Waals surface area (Å²) in [5, 5.41) is 2.04. The molecule has 3 rings (SSSR count). The van der Waals surface area contributed by atoms with Gasteiger partial charge < -0.3 is 4.98 Å². The van der Waals surface area contributed by atoms with E-state index in [-0.39, 0.29) is 0 Å². The summed E-state index contributed by atoms with van der Waals surface area (Å²) < 4.78 is 0. The van der Waals surface area contributed by atoms with Gasteiger partial charge >= 0.3 is 0 Å². The molecule has 2 heterocycles. The number of hydrogen-bond donors (Lipinski definition) is 1. The summed E-state index contributed by atoms with van der Waals surface area (Å²) in [7, 11) is 0. The van der Waals surface area contributed by atoms with Crippen LogP contribution in [0.4, 0.5) is 0 Å². The predicted molar refractivity (Wildman–Crippen MR) is 72.3 cm³/mol. The van der Waals surface area contributed by atoms with Crippen molar-refractivity contribution in [3.8, 4) is 0 Å². The highest BCUT2D eigenvalue weighted by Gasteiger charge is 2.10. The standard InChI is InChI=1S/C11H6Cl2N4S/c12-6-1-2-7(13)8(3-6)18-11-9-10(15-4-14-9)16-5-17-11/h1-5H,(H,14,15,16,17). The fourth-order valence-electron chi connectivity index (χ4n) is 1.48. The van der Waals surface area contributed by atoms with Crippen LogP contribution < -0.4 is 0 Å². The van der Waals surface area contributed by atoms with E-state index < -0.39 is 0 Å². The summed E-state index contributed by atoms with van der Waals surface area (Å²) in [4.78, 5) is 16.2. The number of nitrogens with zero attached hydrogens (tertiary/aromatic N) is 3. The average Bonchev–Trinajstić information content (AvgIpc) is 2.83.